The van der Waals surface area contributed by atoms with Gasteiger partial charge in [0.15, 0.2) is 0 Å². The SMILES string of the molecule is CCOc1ccccc1N1CCN(C(C)C(=O)N2CCN(C(C)=O)CC2)CC1. The Bertz CT molecular complexity index is 680. The lowest BCUT2D eigenvalue weighted by Crippen LogP contribution is -2.57. The molecule has 1 aromatic carbocycles. The smallest absolute Gasteiger partial charge is 0.239 e. The molecule has 1 atom stereocenters. The first-order valence-electron chi connectivity index (χ1n) is 10.3. The standard InChI is InChI=1S/C21H32N4O3/c1-4-28-20-8-6-5-7-19(20)24-13-9-22(10-14-24)17(2)21(27)25-15-11-23(12-16-25)18(3)26/h5-8,17H,4,9-16H2,1-3H3. The highest BCUT2D eigenvalue weighted by Crippen LogP contribution is 2.29. The van der Waals surface area contributed by atoms with Crippen molar-refractivity contribution in [3.05, 3.63) is 24.3 Å². The van der Waals surface area contributed by atoms with E-state index in [9.17, 15) is 9.59 Å². The third-order valence-electron chi connectivity index (χ3n) is 5.76. The summed E-state index contributed by atoms with van der Waals surface area (Å²) >= 11 is 0. The highest BCUT2D eigenvalue weighted by molar-refractivity contribution is 5.82. The molecular formula is C21H32N4O3. The Kier molecular flexibility index (Phi) is 6.78. The third-order valence-corrected chi connectivity index (χ3v) is 5.76. The van der Waals surface area contributed by atoms with E-state index in [1.54, 1.807) is 6.92 Å². The van der Waals surface area contributed by atoms with Crippen molar-refractivity contribution >= 4 is 17.5 Å². The highest BCUT2D eigenvalue weighted by atomic mass is 16.5. The number of para-hydroxylation sites is 2. The van der Waals surface area contributed by atoms with E-state index in [-0.39, 0.29) is 17.9 Å². The molecule has 28 heavy (non-hydrogen) atoms. The molecule has 0 aromatic heterocycles. The van der Waals surface area contributed by atoms with Crippen LogP contribution >= 0.6 is 0 Å². The van der Waals surface area contributed by atoms with Crippen LogP contribution in [0.3, 0.4) is 0 Å². The molecule has 0 N–H and O–H groups in total. The summed E-state index contributed by atoms with van der Waals surface area (Å²) in [6, 6.07) is 8.02. The van der Waals surface area contributed by atoms with Gasteiger partial charge in [0, 0.05) is 59.3 Å². The molecule has 2 aliphatic heterocycles. The van der Waals surface area contributed by atoms with E-state index in [2.05, 4.69) is 15.9 Å². The molecule has 3 rings (SSSR count). The van der Waals surface area contributed by atoms with Crippen LogP contribution in [-0.4, -0.2) is 91.5 Å². The monoisotopic (exact) mass is 388 g/mol. The fourth-order valence-corrected chi connectivity index (χ4v) is 4.01. The second-order valence-corrected chi connectivity index (χ2v) is 7.43. The zero-order valence-corrected chi connectivity index (χ0v) is 17.3. The van der Waals surface area contributed by atoms with Gasteiger partial charge in [0.05, 0.1) is 18.3 Å². The molecule has 0 aliphatic carbocycles. The van der Waals surface area contributed by atoms with E-state index < -0.39 is 0 Å². The van der Waals surface area contributed by atoms with Crippen molar-refractivity contribution < 1.29 is 14.3 Å². The molecule has 2 saturated heterocycles. The van der Waals surface area contributed by atoms with Gasteiger partial charge in [-0.2, -0.15) is 0 Å². The van der Waals surface area contributed by atoms with Crippen molar-refractivity contribution in [2.45, 2.75) is 26.8 Å². The summed E-state index contributed by atoms with van der Waals surface area (Å²) in [6.07, 6.45) is 0. The lowest BCUT2D eigenvalue weighted by molar-refractivity contribution is -0.142. The van der Waals surface area contributed by atoms with Crippen LogP contribution in [0.4, 0.5) is 5.69 Å². The molecule has 0 bridgehead atoms. The second-order valence-electron chi connectivity index (χ2n) is 7.43. The molecule has 7 nitrogen and oxygen atoms in total. The van der Waals surface area contributed by atoms with Crippen molar-refractivity contribution in [1.82, 2.24) is 14.7 Å². The van der Waals surface area contributed by atoms with Crippen LogP contribution in [-0.2, 0) is 9.59 Å². The summed E-state index contributed by atoms with van der Waals surface area (Å²) in [4.78, 5) is 32.7. The molecule has 0 saturated carbocycles. The molecule has 0 spiro atoms. The van der Waals surface area contributed by atoms with Gasteiger partial charge in [0.1, 0.15) is 5.75 Å². The van der Waals surface area contributed by atoms with Crippen molar-refractivity contribution in [2.24, 2.45) is 0 Å². The Morgan fingerprint density at radius 2 is 1.57 bits per heavy atom. The minimum Gasteiger partial charge on any atom is -0.492 e. The molecule has 154 valence electrons. The maximum absolute atomic E-state index is 12.9. The normalized spacial score (nSPS) is 19.5. The van der Waals surface area contributed by atoms with Crippen molar-refractivity contribution in [2.75, 3.05) is 63.9 Å². The van der Waals surface area contributed by atoms with Crippen molar-refractivity contribution in [3.8, 4) is 5.75 Å². The predicted molar refractivity (Wildman–Crippen MR) is 110 cm³/mol. The Morgan fingerprint density at radius 1 is 0.964 bits per heavy atom. The molecule has 2 amide bonds. The fourth-order valence-electron chi connectivity index (χ4n) is 4.01. The van der Waals surface area contributed by atoms with Gasteiger partial charge in [-0.25, -0.2) is 0 Å². The number of hydrogen-bond acceptors (Lipinski definition) is 5. The first-order valence-corrected chi connectivity index (χ1v) is 10.3. The summed E-state index contributed by atoms with van der Waals surface area (Å²) < 4.78 is 5.76. The van der Waals surface area contributed by atoms with Crippen LogP contribution in [0.15, 0.2) is 24.3 Å². The Hall–Kier alpha value is -2.28. The van der Waals surface area contributed by atoms with Crippen LogP contribution in [0.25, 0.3) is 0 Å². The minimum absolute atomic E-state index is 0.0867. The number of amides is 2. The summed E-state index contributed by atoms with van der Waals surface area (Å²) in [7, 11) is 0. The Balaban J connectivity index is 1.53. The average molecular weight is 389 g/mol. The van der Waals surface area contributed by atoms with E-state index in [0.29, 0.717) is 32.8 Å². The first-order chi connectivity index (χ1) is 13.5. The molecule has 2 fully saturated rings. The lowest BCUT2D eigenvalue weighted by Gasteiger charge is -2.41. The number of benzene rings is 1. The van der Waals surface area contributed by atoms with Gasteiger partial charge < -0.3 is 19.4 Å². The molecule has 0 radical (unpaired) electrons. The molecule has 1 unspecified atom stereocenters. The number of anilines is 1. The van der Waals surface area contributed by atoms with Gasteiger partial charge in [-0.3, -0.25) is 14.5 Å². The zero-order valence-electron chi connectivity index (χ0n) is 17.3. The summed E-state index contributed by atoms with van der Waals surface area (Å²) in [6.45, 7) is 12.2. The number of piperazine rings is 2. The number of carbonyl (C=O) groups is 2. The minimum atomic E-state index is -0.131. The quantitative estimate of drug-likeness (QED) is 0.761. The summed E-state index contributed by atoms with van der Waals surface area (Å²) in [5, 5.41) is 0. The number of nitrogens with zero attached hydrogens (tertiary/aromatic N) is 4. The van der Waals surface area contributed by atoms with E-state index in [1.807, 2.05) is 41.8 Å². The first kappa shape index (κ1) is 20.5. The summed E-state index contributed by atoms with van der Waals surface area (Å²) in [5.41, 5.74) is 1.13. The Labute approximate surface area is 167 Å². The Morgan fingerprint density at radius 3 is 2.18 bits per heavy atom. The van der Waals surface area contributed by atoms with Gasteiger partial charge >= 0.3 is 0 Å². The molecule has 1 aromatic rings. The molecule has 7 heteroatoms. The van der Waals surface area contributed by atoms with E-state index in [1.165, 1.54) is 0 Å². The largest absolute Gasteiger partial charge is 0.492 e. The van der Waals surface area contributed by atoms with Gasteiger partial charge in [-0.1, -0.05) is 12.1 Å². The van der Waals surface area contributed by atoms with Gasteiger partial charge in [0.25, 0.3) is 0 Å². The summed E-state index contributed by atoms with van der Waals surface area (Å²) in [5.74, 6) is 1.18. The fraction of sp³-hybridized carbons (Fsp3) is 0.619. The molecule has 2 heterocycles. The number of hydrogen-bond donors (Lipinski definition) is 0. The van der Waals surface area contributed by atoms with Crippen LogP contribution in [0.2, 0.25) is 0 Å². The second kappa shape index (κ2) is 9.28. The molecule has 2 aliphatic rings. The highest BCUT2D eigenvalue weighted by Gasteiger charge is 2.31. The van der Waals surface area contributed by atoms with Crippen molar-refractivity contribution in [1.29, 1.82) is 0 Å². The van der Waals surface area contributed by atoms with E-state index >= 15 is 0 Å². The zero-order chi connectivity index (χ0) is 20.1. The van der Waals surface area contributed by atoms with Gasteiger partial charge in [-0.05, 0) is 26.0 Å². The van der Waals surface area contributed by atoms with Crippen molar-refractivity contribution in [3.63, 3.8) is 0 Å². The van der Waals surface area contributed by atoms with Crippen LogP contribution in [0.1, 0.15) is 20.8 Å². The van der Waals surface area contributed by atoms with Crippen LogP contribution in [0.5, 0.6) is 5.75 Å². The maximum Gasteiger partial charge on any atom is 0.239 e. The predicted octanol–water partition coefficient (Wildman–Crippen LogP) is 1.29. The van der Waals surface area contributed by atoms with E-state index in [4.69, 9.17) is 4.74 Å². The number of carbonyl (C=O) groups excluding carboxylic acids is 2. The average Bonchev–Trinajstić information content (AvgIpc) is 2.73. The lowest BCUT2D eigenvalue weighted by atomic mass is 10.1. The number of ether oxygens (including phenoxy) is 1. The maximum atomic E-state index is 12.9. The van der Waals surface area contributed by atoms with Crippen LogP contribution < -0.4 is 9.64 Å². The van der Waals surface area contributed by atoms with E-state index in [0.717, 1.165) is 37.6 Å². The third kappa shape index (κ3) is 4.58. The topological polar surface area (TPSA) is 56.3 Å². The number of rotatable bonds is 5. The van der Waals surface area contributed by atoms with Gasteiger partial charge in [-0.15, -0.1) is 0 Å². The van der Waals surface area contributed by atoms with Crippen LogP contribution in [0, 0.1) is 0 Å². The van der Waals surface area contributed by atoms with Gasteiger partial charge in [0.2, 0.25) is 11.8 Å². The molecular weight excluding hydrogens is 356 g/mol.